The highest BCUT2D eigenvalue weighted by atomic mass is 16.6. The Morgan fingerprint density at radius 2 is 1.73 bits per heavy atom. The molecule has 3 aromatic rings. The number of rotatable bonds is 8. The van der Waals surface area contributed by atoms with E-state index in [1.807, 2.05) is 6.07 Å². The maximum atomic E-state index is 12.9. The Morgan fingerprint density at radius 1 is 0.967 bits per heavy atom. The van der Waals surface area contributed by atoms with Gasteiger partial charge in [0.05, 0.1) is 24.7 Å². The van der Waals surface area contributed by atoms with Gasteiger partial charge in [-0.05, 0) is 24.3 Å². The number of ether oxygens (including phenoxy) is 3. The Bertz CT molecular complexity index is 1050. The monoisotopic (exact) mass is 408 g/mol. The summed E-state index contributed by atoms with van der Waals surface area (Å²) in [6, 6.07) is 18.1. The Kier molecular flexibility index (Phi) is 6.49. The van der Waals surface area contributed by atoms with E-state index in [9.17, 15) is 14.9 Å². The first-order valence-corrected chi connectivity index (χ1v) is 9.03. The average Bonchev–Trinajstić information content (AvgIpc) is 2.77. The molecule has 0 fully saturated rings. The van der Waals surface area contributed by atoms with E-state index in [0.717, 1.165) is 0 Å². The molecule has 0 spiro atoms. The van der Waals surface area contributed by atoms with Gasteiger partial charge in [-0.25, -0.2) is 0 Å². The number of nitro benzene ring substituents is 1. The lowest BCUT2D eigenvalue weighted by Crippen LogP contribution is -2.23. The van der Waals surface area contributed by atoms with Crippen molar-refractivity contribution < 1.29 is 23.9 Å². The third-order valence-corrected chi connectivity index (χ3v) is 4.31. The molecule has 3 aromatic carbocycles. The van der Waals surface area contributed by atoms with Crippen LogP contribution in [0.25, 0.3) is 0 Å². The first-order chi connectivity index (χ1) is 14.5. The van der Waals surface area contributed by atoms with Crippen LogP contribution < -0.4 is 19.5 Å². The van der Waals surface area contributed by atoms with E-state index in [-0.39, 0.29) is 23.5 Å². The van der Waals surface area contributed by atoms with Crippen LogP contribution in [0.2, 0.25) is 0 Å². The smallest absolute Gasteiger partial charge is 0.270 e. The number of amides is 1. The molecule has 0 saturated carbocycles. The van der Waals surface area contributed by atoms with Crippen molar-refractivity contribution in [3.05, 3.63) is 88.0 Å². The molecule has 30 heavy (non-hydrogen) atoms. The molecule has 0 aromatic heterocycles. The molecular weight excluding hydrogens is 388 g/mol. The van der Waals surface area contributed by atoms with Crippen LogP contribution >= 0.6 is 0 Å². The standard InChI is InChI=1S/C22H20N2O6/c1-28-20-10-6-7-15(21(20)29-2)14-23-22(25)18-13-16(24(26)27)11-12-19(18)30-17-8-4-3-5-9-17/h3-13H,14H2,1-2H3,(H,23,25). The zero-order valence-corrected chi connectivity index (χ0v) is 16.5. The fourth-order valence-corrected chi connectivity index (χ4v) is 2.88. The Labute approximate surface area is 173 Å². The van der Waals surface area contributed by atoms with E-state index < -0.39 is 10.8 Å². The second-order valence-electron chi connectivity index (χ2n) is 6.19. The number of nitrogens with one attached hydrogen (secondary N) is 1. The molecule has 0 aliphatic heterocycles. The van der Waals surface area contributed by atoms with Crippen molar-refractivity contribution in [3.8, 4) is 23.0 Å². The summed E-state index contributed by atoms with van der Waals surface area (Å²) in [5, 5.41) is 13.9. The molecule has 0 atom stereocenters. The molecule has 0 saturated heterocycles. The van der Waals surface area contributed by atoms with Gasteiger partial charge in [0, 0.05) is 24.2 Å². The highest BCUT2D eigenvalue weighted by Crippen LogP contribution is 2.31. The van der Waals surface area contributed by atoms with Gasteiger partial charge in [0.15, 0.2) is 11.5 Å². The maximum Gasteiger partial charge on any atom is 0.270 e. The van der Waals surface area contributed by atoms with Gasteiger partial charge in [-0.1, -0.05) is 30.3 Å². The molecule has 0 aliphatic rings. The summed E-state index contributed by atoms with van der Waals surface area (Å²) in [6.07, 6.45) is 0. The van der Waals surface area contributed by atoms with E-state index in [1.165, 1.54) is 32.4 Å². The lowest BCUT2D eigenvalue weighted by atomic mass is 10.1. The minimum Gasteiger partial charge on any atom is -0.493 e. The van der Waals surface area contributed by atoms with E-state index in [2.05, 4.69) is 5.32 Å². The number of nitrogens with zero attached hydrogens (tertiary/aromatic N) is 1. The largest absolute Gasteiger partial charge is 0.493 e. The fraction of sp³-hybridized carbons (Fsp3) is 0.136. The molecular formula is C22H20N2O6. The minimum absolute atomic E-state index is 0.0508. The number of carbonyl (C=O) groups is 1. The van der Waals surface area contributed by atoms with Crippen LogP contribution in [0.15, 0.2) is 66.7 Å². The number of benzene rings is 3. The predicted octanol–water partition coefficient (Wildman–Crippen LogP) is 4.33. The number of nitro groups is 1. The first kappa shape index (κ1) is 20.7. The van der Waals surface area contributed by atoms with Crippen molar-refractivity contribution in [2.24, 2.45) is 0 Å². The van der Waals surface area contributed by atoms with E-state index in [0.29, 0.717) is 22.8 Å². The lowest BCUT2D eigenvalue weighted by Gasteiger charge is -2.14. The van der Waals surface area contributed by atoms with Gasteiger partial charge in [0.25, 0.3) is 11.6 Å². The summed E-state index contributed by atoms with van der Waals surface area (Å²) in [5.41, 5.74) is 0.538. The van der Waals surface area contributed by atoms with Crippen molar-refractivity contribution in [1.82, 2.24) is 5.32 Å². The van der Waals surface area contributed by atoms with E-state index in [4.69, 9.17) is 14.2 Å². The zero-order chi connectivity index (χ0) is 21.5. The number of non-ortho nitro benzene ring substituents is 1. The van der Waals surface area contributed by atoms with Crippen molar-refractivity contribution >= 4 is 11.6 Å². The third kappa shape index (κ3) is 4.67. The highest BCUT2D eigenvalue weighted by molar-refractivity contribution is 5.97. The van der Waals surface area contributed by atoms with Crippen LogP contribution in [0.1, 0.15) is 15.9 Å². The van der Waals surface area contributed by atoms with Crippen LogP contribution in [0.4, 0.5) is 5.69 Å². The molecule has 8 nitrogen and oxygen atoms in total. The van der Waals surface area contributed by atoms with E-state index in [1.54, 1.807) is 42.5 Å². The summed E-state index contributed by atoms with van der Waals surface area (Å²) in [4.78, 5) is 23.5. The van der Waals surface area contributed by atoms with Crippen LogP contribution in [-0.2, 0) is 6.54 Å². The molecule has 3 rings (SSSR count). The second kappa shape index (κ2) is 9.42. The van der Waals surface area contributed by atoms with Crippen LogP contribution in [0.5, 0.6) is 23.0 Å². The normalized spacial score (nSPS) is 10.2. The van der Waals surface area contributed by atoms with Crippen molar-refractivity contribution in [2.45, 2.75) is 6.54 Å². The minimum atomic E-state index is -0.561. The van der Waals surface area contributed by atoms with E-state index >= 15 is 0 Å². The van der Waals surface area contributed by atoms with Crippen molar-refractivity contribution in [3.63, 3.8) is 0 Å². The SMILES string of the molecule is COc1cccc(CNC(=O)c2cc([N+](=O)[O-])ccc2Oc2ccccc2)c1OC. The molecule has 8 heteroatoms. The van der Waals surface area contributed by atoms with Crippen molar-refractivity contribution in [2.75, 3.05) is 14.2 Å². The average molecular weight is 408 g/mol. The number of methoxy groups -OCH3 is 2. The summed E-state index contributed by atoms with van der Waals surface area (Å²) in [6.45, 7) is 0.132. The Balaban J connectivity index is 1.87. The Morgan fingerprint density at radius 3 is 2.40 bits per heavy atom. The van der Waals surface area contributed by atoms with Gasteiger partial charge >= 0.3 is 0 Å². The number of para-hydroxylation sites is 2. The molecule has 0 bridgehead atoms. The fourth-order valence-electron chi connectivity index (χ4n) is 2.88. The van der Waals surface area contributed by atoms with Gasteiger partial charge in [-0.15, -0.1) is 0 Å². The summed E-state index contributed by atoms with van der Waals surface area (Å²) < 4.78 is 16.4. The quantitative estimate of drug-likeness (QED) is 0.440. The molecule has 0 radical (unpaired) electrons. The van der Waals surface area contributed by atoms with Gasteiger partial charge < -0.3 is 19.5 Å². The topological polar surface area (TPSA) is 99.9 Å². The molecule has 0 aliphatic carbocycles. The van der Waals surface area contributed by atoms with Gasteiger partial charge in [0.1, 0.15) is 11.5 Å². The zero-order valence-electron chi connectivity index (χ0n) is 16.5. The summed E-state index contributed by atoms with van der Waals surface area (Å²) in [7, 11) is 3.03. The van der Waals surface area contributed by atoms with Gasteiger partial charge in [0.2, 0.25) is 0 Å². The lowest BCUT2D eigenvalue weighted by molar-refractivity contribution is -0.384. The summed E-state index contributed by atoms with van der Waals surface area (Å²) >= 11 is 0. The molecule has 1 amide bonds. The van der Waals surface area contributed by atoms with Gasteiger partial charge in [-0.2, -0.15) is 0 Å². The number of carbonyl (C=O) groups excluding carboxylic acids is 1. The first-order valence-electron chi connectivity index (χ1n) is 9.03. The third-order valence-electron chi connectivity index (χ3n) is 4.31. The number of hydrogen-bond acceptors (Lipinski definition) is 6. The number of hydrogen-bond donors (Lipinski definition) is 1. The molecule has 154 valence electrons. The summed E-state index contributed by atoms with van der Waals surface area (Å²) in [5.74, 6) is 1.24. The maximum absolute atomic E-state index is 12.9. The highest BCUT2D eigenvalue weighted by Gasteiger charge is 2.19. The van der Waals surface area contributed by atoms with Crippen LogP contribution in [0, 0.1) is 10.1 Å². The van der Waals surface area contributed by atoms with Gasteiger partial charge in [-0.3, -0.25) is 14.9 Å². The van der Waals surface area contributed by atoms with Crippen molar-refractivity contribution in [1.29, 1.82) is 0 Å². The molecule has 0 unspecified atom stereocenters. The molecule has 0 heterocycles. The van der Waals surface area contributed by atoms with Crippen LogP contribution in [0.3, 0.4) is 0 Å². The Hall–Kier alpha value is -4.07. The second-order valence-corrected chi connectivity index (χ2v) is 6.19. The van der Waals surface area contributed by atoms with Crippen LogP contribution in [-0.4, -0.2) is 25.1 Å². The molecule has 1 N–H and O–H groups in total. The predicted molar refractivity (Wildman–Crippen MR) is 110 cm³/mol.